The van der Waals surface area contributed by atoms with Crippen molar-refractivity contribution >= 4 is 0 Å². The number of epoxide rings is 1. The van der Waals surface area contributed by atoms with Crippen molar-refractivity contribution in [2.75, 3.05) is 26.6 Å². The number of ether oxygens (including phenoxy) is 3. The van der Waals surface area contributed by atoms with Crippen molar-refractivity contribution in [3.05, 3.63) is 0 Å². The lowest BCUT2D eigenvalue weighted by Gasteiger charge is -1.99. The lowest BCUT2D eigenvalue weighted by atomic mass is 10.5. The van der Waals surface area contributed by atoms with Crippen molar-refractivity contribution in [1.82, 2.24) is 0 Å². The summed E-state index contributed by atoms with van der Waals surface area (Å²) in [6.07, 6.45) is 0.352. The molecule has 3 heteroatoms. The van der Waals surface area contributed by atoms with E-state index in [1.54, 1.807) is 0 Å². The van der Waals surface area contributed by atoms with E-state index >= 15 is 0 Å². The van der Waals surface area contributed by atoms with Crippen LogP contribution < -0.4 is 0 Å². The second-order valence-corrected chi connectivity index (χ2v) is 1.94. The quantitative estimate of drug-likeness (QED) is 0.308. The Morgan fingerprint density at radius 1 is 1.56 bits per heavy atom. The summed E-state index contributed by atoms with van der Waals surface area (Å²) in [5.41, 5.74) is 0. The Labute approximate surface area is 54.9 Å². The van der Waals surface area contributed by atoms with Crippen molar-refractivity contribution in [3.8, 4) is 0 Å². The van der Waals surface area contributed by atoms with E-state index in [-0.39, 0.29) is 0 Å². The molecule has 0 aliphatic carbocycles. The zero-order valence-electron chi connectivity index (χ0n) is 5.63. The van der Waals surface area contributed by atoms with Gasteiger partial charge in [-0.2, -0.15) is 0 Å². The van der Waals surface area contributed by atoms with Crippen LogP contribution in [0.1, 0.15) is 6.92 Å². The molecule has 9 heavy (non-hydrogen) atoms. The average molecular weight is 132 g/mol. The molecule has 0 aromatic heterocycles. The van der Waals surface area contributed by atoms with Crippen LogP contribution in [0.4, 0.5) is 0 Å². The second-order valence-electron chi connectivity index (χ2n) is 1.94. The van der Waals surface area contributed by atoms with Gasteiger partial charge in [0.15, 0.2) is 0 Å². The van der Waals surface area contributed by atoms with Crippen molar-refractivity contribution in [2.45, 2.75) is 13.0 Å². The van der Waals surface area contributed by atoms with E-state index in [0.29, 0.717) is 26.1 Å². The lowest BCUT2D eigenvalue weighted by Crippen LogP contribution is -2.05. The van der Waals surface area contributed by atoms with Gasteiger partial charge in [-0.1, -0.05) is 0 Å². The first-order chi connectivity index (χ1) is 4.43. The molecule has 54 valence electrons. The van der Waals surface area contributed by atoms with E-state index < -0.39 is 0 Å². The smallest absolute Gasteiger partial charge is 0.146 e. The zero-order valence-corrected chi connectivity index (χ0v) is 5.63. The third kappa shape index (κ3) is 3.46. The monoisotopic (exact) mass is 132 g/mol. The summed E-state index contributed by atoms with van der Waals surface area (Å²) in [7, 11) is 0. The standard InChI is InChI=1S/C6H12O3/c1-2-7-5-8-3-6-4-9-6/h6H,2-5H2,1H3. The largest absolute Gasteiger partial charge is 0.371 e. The highest BCUT2D eigenvalue weighted by Crippen LogP contribution is 2.07. The predicted octanol–water partition coefficient (Wildman–Crippen LogP) is 0.396. The van der Waals surface area contributed by atoms with E-state index in [2.05, 4.69) is 0 Å². The highest BCUT2D eigenvalue weighted by atomic mass is 16.7. The highest BCUT2D eigenvalue weighted by Gasteiger charge is 2.21. The van der Waals surface area contributed by atoms with Crippen LogP contribution >= 0.6 is 0 Å². The van der Waals surface area contributed by atoms with Gasteiger partial charge in [-0.15, -0.1) is 0 Å². The van der Waals surface area contributed by atoms with Gasteiger partial charge in [-0.3, -0.25) is 0 Å². The van der Waals surface area contributed by atoms with Gasteiger partial charge in [0.05, 0.1) is 13.2 Å². The fourth-order valence-electron chi connectivity index (χ4n) is 0.486. The molecule has 0 bridgehead atoms. The highest BCUT2D eigenvalue weighted by molar-refractivity contribution is 4.66. The number of hydrogen-bond donors (Lipinski definition) is 0. The van der Waals surface area contributed by atoms with Gasteiger partial charge in [0, 0.05) is 6.61 Å². The minimum absolute atomic E-state index is 0.352. The van der Waals surface area contributed by atoms with Crippen LogP contribution in [0.2, 0.25) is 0 Å². The van der Waals surface area contributed by atoms with Crippen molar-refractivity contribution in [2.24, 2.45) is 0 Å². The molecular formula is C6H12O3. The van der Waals surface area contributed by atoms with Crippen LogP contribution in [0.3, 0.4) is 0 Å². The molecule has 0 spiro atoms. The maximum Gasteiger partial charge on any atom is 0.146 e. The maximum atomic E-state index is 5.05. The van der Waals surface area contributed by atoms with Crippen molar-refractivity contribution in [3.63, 3.8) is 0 Å². The minimum Gasteiger partial charge on any atom is -0.371 e. The van der Waals surface area contributed by atoms with E-state index in [1.165, 1.54) is 0 Å². The average Bonchev–Trinajstić information content (AvgIpc) is 2.63. The molecule has 1 aliphatic rings. The maximum absolute atomic E-state index is 5.05. The summed E-state index contributed by atoms with van der Waals surface area (Å²) in [6.45, 7) is 4.59. The first-order valence-corrected chi connectivity index (χ1v) is 3.20. The number of rotatable bonds is 5. The van der Waals surface area contributed by atoms with E-state index in [1.807, 2.05) is 6.92 Å². The van der Waals surface area contributed by atoms with Gasteiger partial charge < -0.3 is 14.2 Å². The van der Waals surface area contributed by atoms with Gasteiger partial charge in [0.1, 0.15) is 12.9 Å². The number of hydrogen-bond acceptors (Lipinski definition) is 3. The van der Waals surface area contributed by atoms with E-state index in [4.69, 9.17) is 14.2 Å². The molecule has 0 radical (unpaired) electrons. The Morgan fingerprint density at radius 3 is 2.89 bits per heavy atom. The summed E-state index contributed by atoms with van der Waals surface area (Å²) in [6, 6.07) is 0. The van der Waals surface area contributed by atoms with Crippen molar-refractivity contribution < 1.29 is 14.2 Å². The Morgan fingerprint density at radius 2 is 2.33 bits per heavy atom. The first-order valence-electron chi connectivity index (χ1n) is 3.20. The van der Waals surface area contributed by atoms with Crippen molar-refractivity contribution in [1.29, 1.82) is 0 Å². The molecule has 1 heterocycles. The zero-order chi connectivity index (χ0) is 6.53. The minimum atomic E-state index is 0.352. The summed E-state index contributed by atoms with van der Waals surface area (Å²) < 4.78 is 14.9. The van der Waals surface area contributed by atoms with E-state index in [9.17, 15) is 0 Å². The van der Waals surface area contributed by atoms with Gasteiger partial charge in [0.25, 0.3) is 0 Å². The summed E-state index contributed by atoms with van der Waals surface area (Å²) in [4.78, 5) is 0. The van der Waals surface area contributed by atoms with E-state index in [0.717, 1.165) is 6.61 Å². The fraction of sp³-hybridized carbons (Fsp3) is 1.00. The van der Waals surface area contributed by atoms with Gasteiger partial charge in [0.2, 0.25) is 0 Å². The Balaban J connectivity index is 1.71. The Bertz CT molecular complexity index is 70.7. The molecule has 0 aromatic rings. The molecule has 1 atom stereocenters. The van der Waals surface area contributed by atoms with Gasteiger partial charge in [-0.25, -0.2) is 0 Å². The van der Waals surface area contributed by atoms with Crippen LogP contribution in [0.15, 0.2) is 0 Å². The van der Waals surface area contributed by atoms with Crippen LogP contribution in [0.5, 0.6) is 0 Å². The summed E-state index contributed by atoms with van der Waals surface area (Å²) >= 11 is 0. The molecule has 0 aromatic carbocycles. The van der Waals surface area contributed by atoms with Crippen LogP contribution in [0, 0.1) is 0 Å². The third-order valence-corrected chi connectivity index (χ3v) is 1.08. The molecule has 1 saturated heterocycles. The van der Waals surface area contributed by atoms with Gasteiger partial charge >= 0.3 is 0 Å². The Hall–Kier alpha value is -0.120. The van der Waals surface area contributed by atoms with Crippen LogP contribution in [-0.4, -0.2) is 32.7 Å². The topological polar surface area (TPSA) is 31.0 Å². The predicted molar refractivity (Wildman–Crippen MR) is 32.2 cm³/mol. The van der Waals surface area contributed by atoms with Crippen LogP contribution in [-0.2, 0) is 14.2 Å². The SMILES string of the molecule is CCOCOCC1CO1. The molecule has 1 aliphatic heterocycles. The molecular weight excluding hydrogens is 120 g/mol. The third-order valence-electron chi connectivity index (χ3n) is 1.08. The summed E-state index contributed by atoms with van der Waals surface area (Å²) in [5.74, 6) is 0. The molecule has 0 N–H and O–H groups in total. The molecule has 0 amide bonds. The molecule has 1 unspecified atom stereocenters. The fourth-order valence-corrected chi connectivity index (χ4v) is 0.486. The lowest BCUT2D eigenvalue weighted by molar-refractivity contribution is -0.0532. The van der Waals surface area contributed by atoms with Crippen LogP contribution in [0.25, 0.3) is 0 Å². The Kier molecular flexibility index (Phi) is 2.97. The first kappa shape index (κ1) is 6.99. The molecule has 0 saturated carbocycles. The second kappa shape index (κ2) is 3.82. The normalized spacial score (nSPS) is 24.3. The summed E-state index contributed by atoms with van der Waals surface area (Å²) in [5, 5.41) is 0. The molecule has 3 nitrogen and oxygen atoms in total. The molecule has 1 rings (SSSR count). The van der Waals surface area contributed by atoms with Gasteiger partial charge in [-0.05, 0) is 6.92 Å². The molecule has 1 fully saturated rings.